The Labute approximate surface area is 250 Å². The van der Waals surface area contributed by atoms with Crippen molar-refractivity contribution in [2.24, 2.45) is 0 Å². The van der Waals surface area contributed by atoms with Crippen molar-refractivity contribution in [3.8, 4) is 22.6 Å². The van der Waals surface area contributed by atoms with E-state index in [1.807, 2.05) is 67.4 Å². The SMILES string of the molecule is COc1ccc(-c2ccc3nc(C4CCN(C(=O)C(Cc5cccs5)NC(=O)OC(C)(C)C)CC4)[nH]c3c2)cc1OC. The number of nitrogens with one attached hydrogen (secondary N) is 2. The molecular formula is C32H38N4O5S. The first kappa shape index (κ1) is 29.4. The lowest BCUT2D eigenvalue weighted by Gasteiger charge is -2.34. The molecule has 1 fully saturated rings. The molecule has 0 spiro atoms. The minimum absolute atomic E-state index is 0.0862. The Morgan fingerprint density at radius 3 is 2.43 bits per heavy atom. The predicted octanol–water partition coefficient (Wildman–Crippen LogP) is 6.15. The number of rotatable bonds is 8. The van der Waals surface area contributed by atoms with Crippen molar-refractivity contribution in [2.75, 3.05) is 27.3 Å². The smallest absolute Gasteiger partial charge is 0.408 e. The van der Waals surface area contributed by atoms with Crippen LogP contribution in [-0.4, -0.2) is 65.8 Å². The molecular weight excluding hydrogens is 552 g/mol. The molecule has 3 heterocycles. The van der Waals surface area contributed by atoms with Gasteiger partial charge in [0, 0.05) is 30.3 Å². The number of benzene rings is 2. The van der Waals surface area contributed by atoms with Crippen molar-refractivity contribution in [1.82, 2.24) is 20.2 Å². The predicted molar refractivity (Wildman–Crippen MR) is 164 cm³/mol. The number of hydrogen-bond acceptors (Lipinski definition) is 7. The molecule has 222 valence electrons. The fourth-order valence-electron chi connectivity index (χ4n) is 5.29. The van der Waals surface area contributed by atoms with Gasteiger partial charge in [-0.2, -0.15) is 0 Å². The van der Waals surface area contributed by atoms with E-state index in [0.29, 0.717) is 31.0 Å². The van der Waals surface area contributed by atoms with Crippen LogP contribution in [0.15, 0.2) is 53.9 Å². The van der Waals surface area contributed by atoms with Gasteiger partial charge in [0.2, 0.25) is 5.91 Å². The standard InChI is InChI=1S/C32H38N4O5S/c1-32(2,3)41-31(38)35-26(19-23-7-6-16-42-23)30(37)36-14-12-20(13-15-36)29-33-24-10-8-21(17-25(24)34-29)22-9-11-27(39-4)28(18-22)40-5/h6-11,16-18,20,26H,12-15,19H2,1-5H3,(H,33,34)(H,35,38). The summed E-state index contributed by atoms with van der Waals surface area (Å²) in [6.07, 6.45) is 1.42. The molecule has 10 heteroatoms. The molecule has 0 saturated carbocycles. The number of amides is 2. The quantitative estimate of drug-likeness (QED) is 0.255. The van der Waals surface area contributed by atoms with E-state index in [9.17, 15) is 9.59 Å². The maximum atomic E-state index is 13.6. The average Bonchev–Trinajstić information content (AvgIpc) is 3.65. The molecule has 1 atom stereocenters. The van der Waals surface area contributed by atoms with Gasteiger partial charge in [-0.25, -0.2) is 9.78 Å². The maximum absolute atomic E-state index is 13.6. The molecule has 1 saturated heterocycles. The highest BCUT2D eigenvalue weighted by molar-refractivity contribution is 7.09. The summed E-state index contributed by atoms with van der Waals surface area (Å²) in [5, 5.41) is 4.79. The number of piperidine rings is 1. The van der Waals surface area contributed by atoms with E-state index >= 15 is 0 Å². The summed E-state index contributed by atoms with van der Waals surface area (Å²) < 4.78 is 16.3. The molecule has 2 amide bonds. The highest BCUT2D eigenvalue weighted by Crippen LogP contribution is 2.34. The number of thiophene rings is 1. The Balaban J connectivity index is 1.26. The molecule has 2 aromatic heterocycles. The summed E-state index contributed by atoms with van der Waals surface area (Å²) in [6, 6.07) is 15.3. The van der Waals surface area contributed by atoms with Crippen LogP contribution >= 0.6 is 11.3 Å². The third-order valence-corrected chi connectivity index (χ3v) is 8.28. The van der Waals surface area contributed by atoms with Gasteiger partial charge in [0.25, 0.3) is 0 Å². The van der Waals surface area contributed by atoms with Crippen molar-refractivity contribution in [1.29, 1.82) is 0 Å². The van der Waals surface area contributed by atoms with Crippen molar-refractivity contribution < 1.29 is 23.8 Å². The summed E-state index contributed by atoms with van der Waals surface area (Å²) in [4.78, 5) is 37.4. The lowest BCUT2D eigenvalue weighted by molar-refractivity contribution is -0.134. The first-order chi connectivity index (χ1) is 20.1. The van der Waals surface area contributed by atoms with Crippen LogP contribution in [-0.2, 0) is 16.0 Å². The molecule has 0 bridgehead atoms. The minimum atomic E-state index is -0.684. The number of likely N-dealkylation sites (tertiary alicyclic amines) is 1. The number of aromatic amines is 1. The zero-order valence-corrected chi connectivity index (χ0v) is 25.5. The zero-order chi connectivity index (χ0) is 29.9. The van der Waals surface area contributed by atoms with Crippen molar-refractivity contribution in [3.05, 3.63) is 64.6 Å². The van der Waals surface area contributed by atoms with Gasteiger partial charge in [-0.05, 0) is 80.5 Å². The molecule has 42 heavy (non-hydrogen) atoms. The zero-order valence-electron chi connectivity index (χ0n) is 24.7. The summed E-state index contributed by atoms with van der Waals surface area (Å²) in [5.41, 5.74) is 3.30. The molecule has 5 rings (SSSR count). The third-order valence-electron chi connectivity index (χ3n) is 7.38. The fourth-order valence-corrected chi connectivity index (χ4v) is 6.04. The lowest BCUT2D eigenvalue weighted by atomic mass is 9.95. The number of fused-ring (bicyclic) bond motifs is 1. The molecule has 1 aliphatic rings. The maximum Gasteiger partial charge on any atom is 0.408 e. The largest absolute Gasteiger partial charge is 0.493 e. The normalized spacial score (nSPS) is 14.9. The van der Waals surface area contributed by atoms with E-state index in [-0.39, 0.29) is 11.8 Å². The van der Waals surface area contributed by atoms with Crippen molar-refractivity contribution in [2.45, 2.75) is 57.6 Å². The van der Waals surface area contributed by atoms with Gasteiger partial charge in [0.15, 0.2) is 11.5 Å². The van der Waals surface area contributed by atoms with Crippen LogP contribution in [0.3, 0.4) is 0 Å². The Morgan fingerprint density at radius 1 is 1.05 bits per heavy atom. The molecule has 2 N–H and O–H groups in total. The number of ether oxygens (including phenoxy) is 3. The molecule has 1 unspecified atom stereocenters. The minimum Gasteiger partial charge on any atom is -0.493 e. The van der Waals surface area contributed by atoms with E-state index < -0.39 is 17.7 Å². The second-order valence-electron chi connectivity index (χ2n) is 11.5. The monoisotopic (exact) mass is 590 g/mol. The lowest BCUT2D eigenvalue weighted by Crippen LogP contribution is -2.52. The topological polar surface area (TPSA) is 106 Å². The first-order valence-electron chi connectivity index (χ1n) is 14.2. The number of aromatic nitrogens is 2. The number of carbonyl (C=O) groups is 2. The van der Waals surface area contributed by atoms with E-state index in [1.54, 1.807) is 25.6 Å². The van der Waals surface area contributed by atoms with E-state index in [2.05, 4.69) is 22.4 Å². The molecule has 0 aliphatic carbocycles. The van der Waals surface area contributed by atoms with Crippen LogP contribution in [0, 0.1) is 0 Å². The first-order valence-corrected chi connectivity index (χ1v) is 15.0. The Hall–Kier alpha value is -4.05. The van der Waals surface area contributed by atoms with Crippen LogP contribution in [0.2, 0.25) is 0 Å². The van der Waals surface area contributed by atoms with Gasteiger partial charge in [-0.3, -0.25) is 4.79 Å². The van der Waals surface area contributed by atoms with Crippen LogP contribution in [0.25, 0.3) is 22.2 Å². The number of nitrogens with zero attached hydrogens (tertiary/aromatic N) is 2. The summed E-state index contributed by atoms with van der Waals surface area (Å²) in [7, 11) is 3.26. The number of carbonyl (C=O) groups excluding carboxylic acids is 2. The van der Waals surface area contributed by atoms with Gasteiger partial charge >= 0.3 is 6.09 Å². The number of methoxy groups -OCH3 is 2. The Bertz CT molecular complexity index is 1530. The second kappa shape index (κ2) is 12.4. The summed E-state index contributed by atoms with van der Waals surface area (Å²) in [6.45, 7) is 6.61. The molecule has 4 aromatic rings. The van der Waals surface area contributed by atoms with Crippen LogP contribution in [0.1, 0.15) is 50.2 Å². The third kappa shape index (κ3) is 6.87. The second-order valence-corrected chi connectivity index (χ2v) is 12.5. The fraction of sp³-hybridized carbons (Fsp3) is 0.406. The summed E-state index contributed by atoms with van der Waals surface area (Å²) >= 11 is 1.57. The van der Waals surface area contributed by atoms with Crippen LogP contribution < -0.4 is 14.8 Å². The highest BCUT2D eigenvalue weighted by Gasteiger charge is 2.32. The molecule has 9 nitrogen and oxygen atoms in total. The van der Waals surface area contributed by atoms with Crippen molar-refractivity contribution in [3.63, 3.8) is 0 Å². The number of alkyl carbamates (subject to hydrolysis) is 1. The van der Waals surface area contributed by atoms with Crippen LogP contribution in [0.5, 0.6) is 11.5 Å². The van der Waals surface area contributed by atoms with Gasteiger partial charge in [-0.1, -0.05) is 18.2 Å². The van der Waals surface area contributed by atoms with Gasteiger partial charge < -0.3 is 29.4 Å². The van der Waals surface area contributed by atoms with Crippen molar-refractivity contribution >= 4 is 34.4 Å². The van der Waals surface area contributed by atoms with Gasteiger partial charge in [0.05, 0.1) is 25.3 Å². The van der Waals surface area contributed by atoms with Gasteiger partial charge in [-0.15, -0.1) is 11.3 Å². The molecule has 1 aliphatic heterocycles. The molecule has 2 aromatic carbocycles. The highest BCUT2D eigenvalue weighted by atomic mass is 32.1. The average molecular weight is 591 g/mol. The van der Waals surface area contributed by atoms with Crippen LogP contribution in [0.4, 0.5) is 4.79 Å². The van der Waals surface area contributed by atoms with E-state index in [4.69, 9.17) is 19.2 Å². The number of hydrogen-bond donors (Lipinski definition) is 2. The van der Waals surface area contributed by atoms with Gasteiger partial charge in [0.1, 0.15) is 17.5 Å². The number of imidazole rings is 1. The van der Waals surface area contributed by atoms with E-state index in [1.165, 1.54) is 0 Å². The van der Waals surface area contributed by atoms with E-state index in [0.717, 1.165) is 45.7 Å². The molecule has 0 radical (unpaired) electrons. The summed E-state index contributed by atoms with van der Waals surface area (Å²) in [5.74, 6) is 2.43. The Morgan fingerprint density at radius 2 is 1.76 bits per heavy atom. The number of H-pyrrole nitrogens is 1. The Kier molecular flexibility index (Phi) is 8.72.